The third-order valence-corrected chi connectivity index (χ3v) is 6.97. The van der Waals surface area contributed by atoms with Crippen LogP contribution in [0.15, 0.2) is 60.9 Å². The molecule has 1 fully saturated rings. The Bertz CT molecular complexity index is 1460. The highest BCUT2D eigenvalue weighted by Crippen LogP contribution is 2.32. The molecule has 1 aliphatic rings. The summed E-state index contributed by atoms with van der Waals surface area (Å²) in [5, 5.41) is 1.72. The van der Waals surface area contributed by atoms with Crippen molar-refractivity contribution >= 4 is 45.7 Å². The third kappa shape index (κ3) is 6.23. The predicted molar refractivity (Wildman–Crippen MR) is 146 cm³/mol. The number of aromatic amines is 2. The maximum atomic E-state index is 13.0. The number of aromatic nitrogens is 2. The van der Waals surface area contributed by atoms with E-state index >= 15 is 0 Å². The van der Waals surface area contributed by atoms with Crippen LogP contribution in [0.5, 0.6) is 0 Å². The van der Waals surface area contributed by atoms with Crippen molar-refractivity contribution < 1.29 is 38.1 Å². The van der Waals surface area contributed by atoms with E-state index < -0.39 is 61.4 Å². The molecule has 0 amide bonds. The molecule has 2 unspecified atom stereocenters. The van der Waals surface area contributed by atoms with E-state index in [1.807, 2.05) is 48.5 Å². The van der Waals surface area contributed by atoms with E-state index in [0.717, 1.165) is 21.8 Å². The van der Waals surface area contributed by atoms with Gasteiger partial charge in [-0.25, -0.2) is 0 Å². The lowest BCUT2D eigenvalue weighted by Crippen LogP contribution is -2.44. The van der Waals surface area contributed by atoms with Crippen LogP contribution in [0.3, 0.4) is 0 Å². The fourth-order valence-corrected chi connectivity index (χ4v) is 5.12. The lowest BCUT2D eigenvalue weighted by molar-refractivity contribution is -0.181. The van der Waals surface area contributed by atoms with Gasteiger partial charge in [-0.2, -0.15) is 0 Å². The summed E-state index contributed by atoms with van der Waals surface area (Å²) in [6.07, 6.45) is -1.48. The Morgan fingerprint density at radius 1 is 0.634 bits per heavy atom. The monoisotopic (exact) mass is 562 g/mol. The second-order valence-corrected chi connectivity index (χ2v) is 9.68. The number of H-pyrrole nitrogens is 2. The molecule has 0 spiro atoms. The molecule has 2 aromatic carbocycles. The molecule has 12 nitrogen and oxygen atoms in total. The molecular weight excluding hydrogens is 532 g/mol. The van der Waals surface area contributed by atoms with Crippen molar-refractivity contribution in [1.29, 1.82) is 0 Å². The van der Waals surface area contributed by atoms with Crippen LogP contribution in [0.2, 0.25) is 0 Å². The van der Waals surface area contributed by atoms with Crippen molar-refractivity contribution in [2.75, 3.05) is 13.1 Å². The number of carbonyl (C=O) groups is 4. The Morgan fingerprint density at radius 3 is 1.46 bits per heavy atom. The molecule has 12 heteroatoms. The summed E-state index contributed by atoms with van der Waals surface area (Å²) in [4.78, 5) is 56.6. The van der Waals surface area contributed by atoms with Crippen molar-refractivity contribution in [3.05, 3.63) is 72.1 Å². The topological polar surface area (TPSA) is 189 Å². The van der Waals surface area contributed by atoms with Crippen LogP contribution in [0, 0.1) is 0 Å². The fourth-order valence-electron chi connectivity index (χ4n) is 5.12. The molecule has 4 atom stereocenters. The van der Waals surface area contributed by atoms with Crippen molar-refractivity contribution in [3.63, 3.8) is 0 Å². The first-order valence-electron chi connectivity index (χ1n) is 13.1. The van der Waals surface area contributed by atoms with Crippen molar-refractivity contribution in [2.24, 2.45) is 11.5 Å². The maximum absolute atomic E-state index is 13.0. The van der Waals surface area contributed by atoms with Gasteiger partial charge in [-0.15, -0.1) is 0 Å². The highest BCUT2D eigenvalue weighted by atomic mass is 16.6. The minimum absolute atomic E-state index is 0.0731. The van der Waals surface area contributed by atoms with Crippen LogP contribution >= 0.6 is 0 Å². The summed E-state index contributed by atoms with van der Waals surface area (Å²) in [6.45, 7) is -0.926. The third-order valence-electron chi connectivity index (χ3n) is 6.97. The van der Waals surface area contributed by atoms with Gasteiger partial charge in [-0.05, 0) is 23.3 Å². The first-order valence-corrected chi connectivity index (χ1v) is 13.1. The molecular formula is C29H30N4O8. The van der Waals surface area contributed by atoms with Gasteiger partial charge in [0.15, 0.2) is 12.2 Å². The number of para-hydroxylation sites is 2. The van der Waals surface area contributed by atoms with E-state index in [9.17, 15) is 19.2 Å². The van der Waals surface area contributed by atoms with Crippen LogP contribution in [-0.4, -0.2) is 71.4 Å². The molecule has 4 aromatic rings. The van der Waals surface area contributed by atoms with Gasteiger partial charge >= 0.3 is 23.9 Å². The van der Waals surface area contributed by atoms with E-state index in [2.05, 4.69) is 9.97 Å². The quantitative estimate of drug-likeness (QED) is 0.162. The number of esters is 4. The first-order chi connectivity index (χ1) is 19.9. The van der Waals surface area contributed by atoms with E-state index in [-0.39, 0.29) is 19.3 Å². The molecule has 6 N–H and O–H groups in total. The highest BCUT2D eigenvalue weighted by Gasteiger charge is 2.52. The average molecular weight is 563 g/mol. The standard InChI is InChI=1S/C29H30N4O8/c30-12-26(36)40-28-22(38-24(34)9-16-14-32-20-7-3-1-5-18(16)20)11-23(29(28)41-27(37)13-31)39-25(35)10-17-15-33-21-8-4-2-6-19(17)21/h1-8,14-15,22-23,28-29,32-33H,9-13,30-31H2/t22?,23?,28-,29+. The van der Waals surface area contributed by atoms with Gasteiger partial charge in [-0.1, -0.05) is 36.4 Å². The van der Waals surface area contributed by atoms with Crippen LogP contribution < -0.4 is 11.5 Å². The Labute approximate surface area is 234 Å². The molecule has 1 saturated carbocycles. The second kappa shape index (κ2) is 12.2. The molecule has 2 aromatic heterocycles. The van der Waals surface area contributed by atoms with Crippen LogP contribution in [-0.2, 0) is 51.0 Å². The zero-order valence-corrected chi connectivity index (χ0v) is 22.0. The molecule has 1 aliphatic carbocycles. The van der Waals surface area contributed by atoms with Gasteiger partial charge in [0.1, 0.15) is 12.2 Å². The molecule has 0 aliphatic heterocycles. The van der Waals surface area contributed by atoms with Gasteiger partial charge in [-0.3, -0.25) is 19.2 Å². The Kier molecular flexibility index (Phi) is 8.31. The van der Waals surface area contributed by atoms with Gasteiger partial charge in [0.05, 0.1) is 25.9 Å². The maximum Gasteiger partial charge on any atom is 0.320 e. The second-order valence-electron chi connectivity index (χ2n) is 9.68. The number of nitrogens with two attached hydrogens (primary N) is 2. The number of benzene rings is 2. The van der Waals surface area contributed by atoms with Crippen LogP contribution in [0.4, 0.5) is 0 Å². The van der Waals surface area contributed by atoms with Crippen molar-refractivity contribution in [1.82, 2.24) is 9.97 Å². The minimum atomic E-state index is -1.26. The van der Waals surface area contributed by atoms with Crippen molar-refractivity contribution in [2.45, 2.75) is 43.7 Å². The summed E-state index contributed by atoms with van der Waals surface area (Å²) in [6, 6.07) is 15.0. The van der Waals surface area contributed by atoms with E-state index in [1.54, 1.807) is 12.4 Å². The Morgan fingerprint density at radius 2 is 1.05 bits per heavy atom. The summed E-state index contributed by atoms with van der Waals surface area (Å²) >= 11 is 0. The SMILES string of the molecule is NCC(=O)O[C@@H]1C(OC(=O)Cc2c[nH]c3ccccc23)CC(OC(=O)Cc2c[nH]c3ccccc23)[C@@H]1OC(=O)CN. The summed E-state index contributed by atoms with van der Waals surface area (Å²) in [7, 11) is 0. The van der Waals surface area contributed by atoms with Gasteiger partial charge in [0.25, 0.3) is 0 Å². The lowest BCUT2D eigenvalue weighted by atomic mass is 10.1. The molecule has 2 heterocycles. The smallest absolute Gasteiger partial charge is 0.320 e. The average Bonchev–Trinajstić information content (AvgIpc) is 3.65. The highest BCUT2D eigenvalue weighted by molar-refractivity contribution is 5.88. The van der Waals surface area contributed by atoms with Gasteiger partial charge in [0.2, 0.25) is 0 Å². The Balaban J connectivity index is 1.34. The zero-order chi connectivity index (χ0) is 28.9. The van der Waals surface area contributed by atoms with Crippen molar-refractivity contribution in [3.8, 4) is 0 Å². The summed E-state index contributed by atoms with van der Waals surface area (Å²) in [5.74, 6) is -2.84. The molecule has 5 rings (SSSR count). The summed E-state index contributed by atoms with van der Waals surface area (Å²) in [5.41, 5.74) is 14.1. The number of fused-ring (bicyclic) bond motifs is 2. The Hall–Kier alpha value is -4.68. The van der Waals surface area contributed by atoms with Crippen LogP contribution in [0.25, 0.3) is 21.8 Å². The number of hydrogen-bond acceptors (Lipinski definition) is 10. The minimum Gasteiger partial charge on any atom is -0.458 e. The van der Waals surface area contributed by atoms with Crippen LogP contribution in [0.1, 0.15) is 17.5 Å². The number of nitrogens with one attached hydrogen (secondary N) is 2. The summed E-state index contributed by atoms with van der Waals surface area (Å²) < 4.78 is 22.3. The van der Waals surface area contributed by atoms with E-state index in [1.165, 1.54) is 0 Å². The normalized spacial score (nSPS) is 20.1. The number of carbonyl (C=O) groups excluding carboxylic acids is 4. The van der Waals surface area contributed by atoms with E-state index in [4.69, 9.17) is 30.4 Å². The fraction of sp³-hybridized carbons (Fsp3) is 0.310. The molecule has 214 valence electrons. The van der Waals surface area contributed by atoms with Gasteiger partial charge < -0.3 is 40.4 Å². The first kappa shape index (κ1) is 27.9. The molecule has 0 bridgehead atoms. The largest absolute Gasteiger partial charge is 0.458 e. The van der Waals surface area contributed by atoms with E-state index in [0.29, 0.717) is 11.1 Å². The predicted octanol–water partition coefficient (Wildman–Crippen LogP) is 1.40. The number of hydrogen-bond donors (Lipinski definition) is 4. The molecule has 0 radical (unpaired) electrons. The number of rotatable bonds is 10. The molecule has 0 saturated heterocycles. The van der Waals surface area contributed by atoms with Gasteiger partial charge in [0, 0.05) is 40.6 Å². The number of ether oxygens (including phenoxy) is 4. The zero-order valence-electron chi connectivity index (χ0n) is 22.0. The lowest BCUT2D eigenvalue weighted by Gasteiger charge is -2.26. The molecule has 41 heavy (non-hydrogen) atoms.